The lowest BCUT2D eigenvalue weighted by atomic mass is 10.1. The van der Waals surface area contributed by atoms with Crippen LogP contribution in [0.5, 0.6) is 0 Å². The molecule has 28 heavy (non-hydrogen) atoms. The van der Waals surface area contributed by atoms with Gasteiger partial charge in [0.1, 0.15) is 6.04 Å². The van der Waals surface area contributed by atoms with Crippen LogP contribution in [-0.2, 0) is 22.6 Å². The predicted octanol–water partition coefficient (Wildman–Crippen LogP) is 2.53. The highest BCUT2D eigenvalue weighted by Gasteiger charge is 2.20. The van der Waals surface area contributed by atoms with E-state index in [1.54, 1.807) is 0 Å². The first-order valence-electron chi connectivity index (χ1n) is 8.86. The van der Waals surface area contributed by atoms with Crippen LogP contribution in [0.2, 0.25) is 0 Å². The third-order valence-corrected chi connectivity index (χ3v) is 4.61. The second-order valence-corrected chi connectivity index (χ2v) is 6.48. The first-order chi connectivity index (χ1) is 12.8. The standard InChI is InChI=1S/C20H22N4O2.2ClH/c25-20(18-13-26-10-9-21-18)22-11-15-5-7-16(8-6-15)12-24-14-23-17-3-1-2-4-19(17)24;;/h1-8,14,18,21H,9-13H2,(H,22,25);2*1H. The first-order valence-corrected chi connectivity index (χ1v) is 8.86. The summed E-state index contributed by atoms with van der Waals surface area (Å²) in [4.78, 5) is 16.5. The number of benzene rings is 2. The van der Waals surface area contributed by atoms with Crippen molar-refractivity contribution in [1.82, 2.24) is 20.2 Å². The minimum absolute atomic E-state index is 0. The molecule has 0 saturated carbocycles. The predicted molar refractivity (Wildman–Crippen MR) is 114 cm³/mol. The molecule has 0 bridgehead atoms. The van der Waals surface area contributed by atoms with Gasteiger partial charge < -0.3 is 19.9 Å². The number of carbonyl (C=O) groups is 1. The van der Waals surface area contributed by atoms with Crippen LogP contribution < -0.4 is 10.6 Å². The Morgan fingerprint density at radius 3 is 2.64 bits per heavy atom. The van der Waals surface area contributed by atoms with Gasteiger partial charge in [0.05, 0.1) is 30.6 Å². The van der Waals surface area contributed by atoms with Gasteiger partial charge in [-0.2, -0.15) is 0 Å². The Labute approximate surface area is 176 Å². The summed E-state index contributed by atoms with van der Waals surface area (Å²) in [6.45, 7) is 3.11. The van der Waals surface area contributed by atoms with E-state index in [9.17, 15) is 4.79 Å². The molecule has 0 aliphatic carbocycles. The van der Waals surface area contributed by atoms with Crippen LogP contribution in [0, 0.1) is 0 Å². The summed E-state index contributed by atoms with van der Waals surface area (Å²) in [5.41, 5.74) is 4.41. The monoisotopic (exact) mass is 422 g/mol. The number of rotatable bonds is 5. The molecule has 2 aromatic carbocycles. The van der Waals surface area contributed by atoms with Gasteiger partial charge in [0.25, 0.3) is 0 Å². The smallest absolute Gasteiger partial charge is 0.239 e. The average Bonchev–Trinajstić information content (AvgIpc) is 3.11. The summed E-state index contributed by atoms with van der Waals surface area (Å²) >= 11 is 0. The molecule has 8 heteroatoms. The quantitative estimate of drug-likeness (QED) is 0.662. The zero-order valence-electron chi connectivity index (χ0n) is 15.3. The van der Waals surface area contributed by atoms with E-state index in [0.717, 1.165) is 29.7 Å². The van der Waals surface area contributed by atoms with Crippen molar-refractivity contribution in [3.8, 4) is 0 Å². The minimum atomic E-state index is -0.252. The molecule has 2 N–H and O–H groups in total. The average molecular weight is 423 g/mol. The summed E-state index contributed by atoms with van der Waals surface area (Å²) in [6.07, 6.45) is 1.87. The number of morpholine rings is 1. The Hall–Kier alpha value is -2.12. The maximum atomic E-state index is 12.1. The third kappa shape index (κ3) is 5.23. The zero-order valence-corrected chi connectivity index (χ0v) is 17.0. The molecular formula is C20H24Cl2N4O2. The maximum Gasteiger partial charge on any atom is 0.239 e. The van der Waals surface area contributed by atoms with Crippen LogP contribution in [0.15, 0.2) is 54.9 Å². The van der Waals surface area contributed by atoms with Gasteiger partial charge in [-0.1, -0.05) is 36.4 Å². The topological polar surface area (TPSA) is 68.2 Å². The molecule has 3 aromatic rings. The van der Waals surface area contributed by atoms with E-state index in [1.807, 2.05) is 24.5 Å². The molecule has 1 amide bonds. The van der Waals surface area contributed by atoms with E-state index in [-0.39, 0.29) is 36.8 Å². The van der Waals surface area contributed by atoms with Gasteiger partial charge in [-0.15, -0.1) is 24.8 Å². The van der Waals surface area contributed by atoms with Gasteiger partial charge >= 0.3 is 0 Å². The number of hydrogen-bond donors (Lipinski definition) is 2. The summed E-state index contributed by atoms with van der Waals surface area (Å²) in [7, 11) is 0. The largest absolute Gasteiger partial charge is 0.378 e. The highest BCUT2D eigenvalue weighted by molar-refractivity contribution is 5.85. The molecule has 150 valence electrons. The van der Waals surface area contributed by atoms with Crippen molar-refractivity contribution in [2.75, 3.05) is 19.8 Å². The van der Waals surface area contributed by atoms with Crippen LogP contribution in [0.3, 0.4) is 0 Å². The molecule has 1 atom stereocenters. The van der Waals surface area contributed by atoms with E-state index in [1.165, 1.54) is 5.56 Å². The lowest BCUT2D eigenvalue weighted by Gasteiger charge is -2.22. The molecule has 1 aliphatic rings. The number of hydrogen-bond acceptors (Lipinski definition) is 4. The summed E-state index contributed by atoms with van der Waals surface area (Å²) in [6, 6.07) is 16.2. The molecule has 4 rings (SSSR count). The second kappa shape index (κ2) is 10.4. The van der Waals surface area contributed by atoms with Crippen molar-refractivity contribution in [2.45, 2.75) is 19.1 Å². The summed E-state index contributed by atoms with van der Waals surface area (Å²) in [5, 5.41) is 6.12. The van der Waals surface area contributed by atoms with Gasteiger partial charge in [0.2, 0.25) is 5.91 Å². The van der Waals surface area contributed by atoms with E-state index in [4.69, 9.17) is 4.74 Å². The molecule has 1 aliphatic heterocycles. The molecule has 0 radical (unpaired) electrons. The third-order valence-electron chi connectivity index (χ3n) is 4.61. The van der Waals surface area contributed by atoms with Crippen LogP contribution in [0.4, 0.5) is 0 Å². The van der Waals surface area contributed by atoms with Crippen molar-refractivity contribution in [2.24, 2.45) is 0 Å². The number of imidazole rings is 1. The number of nitrogens with one attached hydrogen (secondary N) is 2. The van der Waals surface area contributed by atoms with Crippen molar-refractivity contribution in [3.05, 3.63) is 66.0 Å². The Morgan fingerprint density at radius 2 is 1.89 bits per heavy atom. The lowest BCUT2D eigenvalue weighted by Crippen LogP contribution is -2.51. The lowest BCUT2D eigenvalue weighted by molar-refractivity contribution is -0.126. The van der Waals surface area contributed by atoms with Crippen LogP contribution in [0.1, 0.15) is 11.1 Å². The number of fused-ring (bicyclic) bond motifs is 1. The van der Waals surface area contributed by atoms with Gasteiger partial charge in [0, 0.05) is 19.6 Å². The van der Waals surface area contributed by atoms with Gasteiger partial charge in [0.15, 0.2) is 0 Å². The fourth-order valence-electron chi connectivity index (χ4n) is 3.14. The Kier molecular flexibility index (Phi) is 8.26. The van der Waals surface area contributed by atoms with Crippen LogP contribution in [0.25, 0.3) is 11.0 Å². The van der Waals surface area contributed by atoms with Gasteiger partial charge in [-0.25, -0.2) is 4.98 Å². The van der Waals surface area contributed by atoms with E-state index in [2.05, 4.69) is 50.5 Å². The molecular weight excluding hydrogens is 399 g/mol. The van der Waals surface area contributed by atoms with Crippen LogP contribution >= 0.6 is 24.8 Å². The summed E-state index contributed by atoms with van der Waals surface area (Å²) in [5.74, 6) is -0.0151. The number of carbonyl (C=O) groups excluding carboxylic acids is 1. The molecule has 0 spiro atoms. The van der Waals surface area contributed by atoms with Gasteiger partial charge in [-0.3, -0.25) is 4.79 Å². The van der Waals surface area contributed by atoms with Crippen LogP contribution in [-0.4, -0.2) is 41.3 Å². The zero-order chi connectivity index (χ0) is 17.8. The molecule has 1 saturated heterocycles. The Morgan fingerprint density at radius 1 is 1.14 bits per heavy atom. The number of halogens is 2. The van der Waals surface area contributed by atoms with Crippen molar-refractivity contribution in [3.63, 3.8) is 0 Å². The first kappa shape index (κ1) is 22.2. The fourth-order valence-corrected chi connectivity index (χ4v) is 3.14. The Balaban J connectivity index is 0.00000140. The molecule has 1 fully saturated rings. The molecule has 1 unspecified atom stereocenters. The van der Waals surface area contributed by atoms with Gasteiger partial charge in [-0.05, 0) is 23.3 Å². The Bertz CT molecular complexity index is 893. The number of aromatic nitrogens is 2. The SMILES string of the molecule is Cl.Cl.O=C(NCc1ccc(Cn2cnc3ccccc32)cc1)C1COCCN1. The summed E-state index contributed by atoms with van der Waals surface area (Å²) < 4.78 is 7.46. The van der Waals surface area contributed by atoms with Crippen molar-refractivity contribution < 1.29 is 9.53 Å². The number of amides is 1. The molecule has 1 aromatic heterocycles. The normalized spacial score (nSPS) is 16.1. The maximum absolute atomic E-state index is 12.1. The highest BCUT2D eigenvalue weighted by Crippen LogP contribution is 2.14. The van der Waals surface area contributed by atoms with Crippen molar-refractivity contribution >= 4 is 41.8 Å². The highest BCUT2D eigenvalue weighted by atomic mass is 35.5. The van der Waals surface area contributed by atoms with E-state index >= 15 is 0 Å². The number of para-hydroxylation sites is 2. The minimum Gasteiger partial charge on any atom is -0.378 e. The second-order valence-electron chi connectivity index (χ2n) is 6.48. The molecule has 2 heterocycles. The number of nitrogens with zero attached hydrogens (tertiary/aromatic N) is 2. The van der Waals surface area contributed by atoms with E-state index < -0.39 is 0 Å². The number of ether oxygens (including phenoxy) is 1. The van der Waals surface area contributed by atoms with E-state index in [0.29, 0.717) is 19.8 Å². The van der Waals surface area contributed by atoms with Crippen molar-refractivity contribution in [1.29, 1.82) is 0 Å². The molecule has 6 nitrogen and oxygen atoms in total. The fraction of sp³-hybridized carbons (Fsp3) is 0.300.